The Morgan fingerprint density at radius 3 is 2.92 bits per heavy atom. The molecule has 0 saturated carbocycles. The lowest BCUT2D eigenvalue weighted by Gasteiger charge is -2.21. The summed E-state index contributed by atoms with van der Waals surface area (Å²) in [6, 6.07) is 12.2. The number of hydrogen-bond donors (Lipinski definition) is 0. The third-order valence-electron chi connectivity index (χ3n) is 3.94. The van der Waals surface area contributed by atoms with E-state index >= 15 is 0 Å². The fourth-order valence-electron chi connectivity index (χ4n) is 2.72. The fourth-order valence-corrected chi connectivity index (χ4v) is 5.44. The molecular formula is C18H16N2OS3. The van der Waals surface area contributed by atoms with E-state index in [1.807, 2.05) is 57.8 Å². The van der Waals surface area contributed by atoms with Gasteiger partial charge in [-0.2, -0.15) is 0 Å². The number of hydrogen-bond acceptors (Lipinski definition) is 5. The molecule has 0 fully saturated rings. The third-order valence-corrected chi connectivity index (χ3v) is 7.06. The first-order valence-corrected chi connectivity index (χ1v) is 10.4. The van der Waals surface area contributed by atoms with Crippen molar-refractivity contribution in [3.8, 4) is 9.88 Å². The van der Waals surface area contributed by atoms with Gasteiger partial charge in [-0.25, -0.2) is 4.98 Å². The van der Waals surface area contributed by atoms with Crippen LogP contribution in [0.2, 0.25) is 0 Å². The minimum absolute atomic E-state index is 0.00351. The third kappa shape index (κ3) is 3.01. The highest BCUT2D eigenvalue weighted by atomic mass is 32.2. The minimum atomic E-state index is -0.00351. The Bertz CT molecular complexity index is 857. The van der Waals surface area contributed by atoms with Crippen LogP contribution in [0, 0.1) is 0 Å². The van der Waals surface area contributed by atoms with Crippen molar-refractivity contribution in [3.05, 3.63) is 52.9 Å². The summed E-state index contributed by atoms with van der Waals surface area (Å²) in [4.78, 5) is 21.8. The van der Waals surface area contributed by atoms with Gasteiger partial charge in [0, 0.05) is 22.1 Å². The van der Waals surface area contributed by atoms with Crippen LogP contribution < -0.4 is 4.90 Å². The summed E-state index contributed by atoms with van der Waals surface area (Å²) in [7, 11) is 0. The highest BCUT2D eigenvalue weighted by Crippen LogP contribution is 2.38. The van der Waals surface area contributed by atoms with Crippen LogP contribution in [0.3, 0.4) is 0 Å². The van der Waals surface area contributed by atoms with Gasteiger partial charge in [0.2, 0.25) is 0 Å². The van der Waals surface area contributed by atoms with Crippen LogP contribution in [0.25, 0.3) is 9.88 Å². The van der Waals surface area contributed by atoms with Crippen LogP contribution in [-0.2, 0) is 0 Å². The Morgan fingerprint density at radius 2 is 2.08 bits per heavy atom. The topological polar surface area (TPSA) is 33.2 Å². The van der Waals surface area contributed by atoms with Gasteiger partial charge in [-0.15, -0.1) is 34.4 Å². The second kappa shape index (κ2) is 6.70. The van der Waals surface area contributed by atoms with Crippen LogP contribution >= 0.6 is 34.4 Å². The van der Waals surface area contributed by atoms with Gasteiger partial charge in [0.1, 0.15) is 10.7 Å². The fraction of sp³-hybridized carbons (Fsp3) is 0.222. The molecule has 3 aromatic rings. The van der Waals surface area contributed by atoms with Gasteiger partial charge in [0.25, 0.3) is 5.91 Å². The average molecular weight is 373 g/mol. The maximum absolute atomic E-state index is 13.1. The van der Waals surface area contributed by atoms with E-state index in [1.54, 1.807) is 11.3 Å². The number of aromatic nitrogens is 1. The summed E-state index contributed by atoms with van der Waals surface area (Å²) in [5.74, 6) is -0.00351. The summed E-state index contributed by atoms with van der Waals surface area (Å²) in [6.45, 7) is 2.95. The average Bonchev–Trinajstić information content (AvgIpc) is 3.24. The number of carbonyl (C=O) groups is 1. The number of para-hydroxylation sites is 1. The molecule has 3 nitrogen and oxygen atoms in total. The van der Waals surface area contributed by atoms with Crippen molar-refractivity contribution in [2.75, 3.05) is 11.4 Å². The second-order valence-electron chi connectivity index (χ2n) is 5.66. The molecule has 0 aliphatic carbocycles. The molecule has 1 aliphatic heterocycles. The molecule has 1 unspecified atom stereocenters. The van der Waals surface area contributed by atoms with Crippen LogP contribution in [0.1, 0.15) is 23.8 Å². The van der Waals surface area contributed by atoms with Gasteiger partial charge < -0.3 is 4.90 Å². The van der Waals surface area contributed by atoms with Crippen LogP contribution in [0.5, 0.6) is 0 Å². The monoisotopic (exact) mass is 372 g/mol. The zero-order valence-electron chi connectivity index (χ0n) is 13.1. The lowest BCUT2D eigenvalue weighted by molar-refractivity contribution is 0.0982. The van der Waals surface area contributed by atoms with E-state index in [2.05, 4.69) is 18.0 Å². The summed E-state index contributed by atoms with van der Waals surface area (Å²) < 4.78 is 0. The predicted octanol–water partition coefficient (Wildman–Crippen LogP) is 5.40. The first-order chi connectivity index (χ1) is 11.7. The number of thioether (sulfide) groups is 1. The standard InChI is InChI=1S/C18H16N2OS3/c1-12-8-9-20(14-5-2-3-6-15(14)24-12)18(21)13-11-23-17(19-13)16-7-4-10-22-16/h2-7,10-12H,8-9H2,1H3. The lowest BCUT2D eigenvalue weighted by atomic mass is 10.2. The smallest absolute Gasteiger partial charge is 0.277 e. The van der Waals surface area contributed by atoms with Gasteiger partial charge >= 0.3 is 0 Å². The van der Waals surface area contributed by atoms with Crippen molar-refractivity contribution in [3.63, 3.8) is 0 Å². The Morgan fingerprint density at radius 1 is 1.21 bits per heavy atom. The Balaban J connectivity index is 1.67. The number of carbonyl (C=O) groups excluding carboxylic acids is 1. The van der Waals surface area contributed by atoms with E-state index in [1.165, 1.54) is 16.2 Å². The van der Waals surface area contributed by atoms with Crippen LogP contribution in [0.4, 0.5) is 5.69 Å². The predicted molar refractivity (Wildman–Crippen MR) is 103 cm³/mol. The number of rotatable bonds is 2. The molecule has 1 atom stereocenters. The molecule has 0 saturated heterocycles. The first-order valence-electron chi connectivity index (χ1n) is 7.79. The molecule has 0 N–H and O–H groups in total. The Hall–Kier alpha value is -1.63. The summed E-state index contributed by atoms with van der Waals surface area (Å²) in [6.07, 6.45) is 0.979. The van der Waals surface area contributed by atoms with Crippen molar-refractivity contribution < 1.29 is 4.79 Å². The van der Waals surface area contributed by atoms with Crippen molar-refractivity contribution >= 4 is 46.0 Å². The SMILES string of the molecule is CC1CCN(C(=O)c2csc(-c3cccs3)n2)c2ccccc2S1. The number of thiazole rings is 1. The summed E-state index contributed by atoms with van der Waals surface area (Å²) in [5.41, 5.74) is 1.54. The zero-order valence-corrected chi connectivity index (χ0v) is 15.6. The second-order valence-corrected chi connectivity index (χ2v) is 8.94. The molecule has 24 heavy (non-hydrogen) atoms. The van der Waals surface area contributed by atoms with Crippen LogP contribution in [0.15, 0.2) is 52.1 Å². The first kappa shape index (κ1) is 15.9. The highest BCUT2D eigenvalue weighted by Gasteiger charge is 2.26. The molecule has 1 amide bonds. The molecule has 1 aliphatic rings. The largest absolute Gasteiger partial charge is 0.306 e. The van der Waals surface area contributed by atoms with E-state index < -0.39 is 0 Å². The molecule has 6 heteroatoms. The molecule has 2 aromatic heterocycles. The molecule has 0 bridgehead atoms. The maximum Gasteiger partial charge on any atom is 0.277 e. The molecule has 4 rings (SSSR count). The van der Waals surface area contributed by atoms with E-state index in [-0.39, 0.29) is 5.91 Å². The number of nitrogens with zero attached hydrogens (tertiary/aromatic N) is 2. The summed E-state index contributed by atoms with van der Waals surface area (Å²) in [5, 5.41) is 5.32. The van der Waals surface area contributed by atoms with Crippen molar-refractivity contribution in [1.29, 1.82) is 0 Å². The number of amides is 1. The molecule has 1 aromatic carbocycles. The van der Waals surface area contributed by atoms with Crippen molar-refractivity contribution in [2.45, 2.75) is 23.5 Å². The molecule has 122 valence electrons. The zero-order chi connectivity index (χ0) is 16.5. The quantitative estimate of drug-likeness (QED) is 0.603. The number of anilines is 1. The molecular weight excluding hydrogens is 356 g/mol. The van der Waals surface area contributed by atoms with Crippen molar-refractivity contribution in [2.24, 2.45) is 0 Å². The molecule has 0 radical (unpaired) electrons. The van der Waals surface area contributed by atoms with Gasteiger partial charge in [-0.1, -0.05) is 25.1 Å². The highest BCUT2D eigenvalue weighted by molar-refractivity contribution is 8.00. The van der Waals surface area contributed by atoms with Gasteiger partial charge in [0.15, 0.2) is 0 Å². The minimum Gasteiger partial charge on any atom is -0.306 e. The maximum atomic E-state index is 13.1. The Kier molecular flexibility index (Phi) is 4.43. The molecule has 0 spiro atoms. The van der Waals surface area contributed by atoms with Gasteiger partial charge in [0.05, 0.1) is 10.6 Å². The Labute approximate surface area is 153 Å². The van der Waals surface area contributed by atoms with Gasteiger partial charge in [-0.3, -0.25) is 4.79 Å². The summed E-state index contributed by atoms with van der Waals surface area (Å²) >= 11 is 5.02. The number of benzene rings is 1. The van der Waals surface area contributed by atoms with E-state index in [9.17, 15) is 4.79 Å². The van der Waals surface area contributed by atoms with E-state index in [4.69, 9.17) is 0 Å². The van der Waals surface area contributed by atoms with E-state index in [0.29, 0.717) is 10.9 Å². The van der Waals surface area contributed by atoms with Crippen molar-refractivity contribution in [1.82, 2.24) is 4.98 Å². The number of fused-ring (bicyclic) bond motifs is 1. The normalized spacial score (nSPS) is 17.4. The molecule has 3 heterocycles. The lowest BCUT2D eigenvalue weighted by Crippen LogP contribution is -2.32. The number of thiophene rings is 1. The van der Waals surface area contributed by atoms with E-state index in [0.717, 1.165) is 28.5 Å². The van der Waals surface area contributed by atoms with Gasteiger partial charge in [-0.05, 0) is 30.0 Å². The van der Waals surface area contributed by atoms with Crippen LogP contribution in [-0.4, -0.2) is 22.7 Å².